The molecule has 1 fully saturated rings. The van der Waals surface area contributed by atoms with Gasteiger partial charge < -0.3 is 10.0 Å². The topological polar surface area (TPSA) is 43.8 Å². The van der Waals surface area contributed by atoms with Crippen LogP contribution in [0.2, 0.25) is 5.02 Å². The number of carbonyl (C=O) groups is 1. The summed E-state index contributed by atoms with van der Waals surface area (Å²) < 4.78 is 13.1. The van der Waals surface area contributed by atoms with Crippen molar-refractivity contribution in [2.45, 2.75) is 37.8 Å². The van der Waals surface area contributed by atoms with Gasteiger partial charge in [-0.25, -0.2) is 4.39 Å². The van der Waals surface area contributed by atoms with Gasteiger partial charge in [-0.2, -0.15) is 0 Å². The average Bonchev–Trinajstić information content (AvgIpc) is 2.48. The first-order chi connectivity index (χ1) is 10.8. The summed E-state index contributed by atoms with van der Waals surface area (Å²) in [7, 11) is 3.44. The average molecular weight is 343 g/mol. The Bertz CT molecular complexity index is 568. The Hall–Kier alpha value is -1.17. The summed E-state index contributed by atoms with van der Waals surface area (Å²) in [5, 5.41) is 11.2. The van der Waals surface area contributed by atoms with E-state index in [4.69, 9.17) is 11.6 Å². The molecule has 1 heterocycles. The van der Waals surface area contributed by atoms with Gasteiger partial charge >= 0.3 is 0 Å². The second-order valence-corrected chi connectivity index (χ2v) is 6.97. The molecule has 4 nitrogen and oxygen atoms in total. The lowest BCUT2D eigenvalue weighted by Gasteiger charge is -2.39. The second kappa shape index (κ2) is 7.60. The number of hydrogen-bond donors (Lipinski definition) is 1. The van der Waals surface area contributed by atoms with Crippen LogP contribution in [-0.2, 0) is 11.3 Å². The third-order valence-corrected chi connectivity index (χ3v) is 4.70. The van der Waals surface area contributed by atoms with Crippen molar-refractivity contribution in [3.05, 3.63) is 34.6 Å². The maximum absolute atomic E-state index is 13.1. The molecule has 0 saturated carbocycles. The third kappa shape index (κ3) is 5.16. The van der Waals surface area contributed by atoms with E-state index < -0.39 is 5.60 Å². The highest BCUT2D eigenvalue weighted by atomic mass is 35.5. The number of rotatable bonds is 5. The summed E-state index contributed by atoms with van der Waals surface area (Å²) in [6, 6.07) is 4.39. The van der Waals surface area contributed by atoms with E-state index in [2.05, 4.69) is 4.90 Å². The highest BCUT2D eigenvalue weighted by Crippen LogP contribution is 2.28. The summed E-state index contributed by atoms with van der Waals surface area (Å²) in [5.74, 6) is -0.326. The molecule has 0 radical (unpaired) electrons. The number of nitrogens with zero attached hydrogens (tertiary/aromatic N) is 2. The molecule has 0 unspecified atom stereocenters. The number of hydrogen-bond acceptors (Lipinski definition) is 3. The molecule has 1 saturated heterocycles. The van der Waals surface area contributed by atoms with E-state index in [9.17, 15) is 14.3 Å². The molecule has 128 valence electrons. The van der Waals surface area contributed by atoms with E-state index in [0.717, 1.165) is 18.5 Å². The summed E-state index contributed by atoms with van der Waals surface area (Å²) in [5.41, 5.74) is -0.00199. The molecule has 0 aliphatic carbocycles. The van der Waals surface area contributed by atoms with Gasteiger partial charge in [0, 0.05) is 38.6 Å². The van der Waals surface area contributed by atoms with Crippen LogP contribution >= 0.6 is 11.6 Å². The fourth-order valence-electron chi connectivity index (χ4n) is 3.00. The minimum Gasteiger partial charge on any atom is -0.389 e. The number of amides is 1. The summed E-state index contributed by atoms with van der Waals surface area (Å²) >= 11 is 6.08. The van der Waals surface area contributed by atoms with Gasteiger partial charge in [-0.1, -0.05) is 17.7 Å². The van der Waals surface area contributed by atoms with Gasteiger partial charge in [-0.15, -0.1) is 0 Å². The predicted octanol–water partition coefficient (Wildman–Crippen LogP) is 2.67. The van der Waals surface area contributed by atoms with Crippen LogP contribution in [0.3, 0.4) is 0 Å². The Morgan fingerprint density at radius 1 is 1.48 bits per heavy atom. The molecule has 0 aromatic heterocycles. The van der Waals surface area contributed by atoms with Gasteiger partial charge in [0.15, 0.2) is 0 Å². The van der Waals surface area contributed by atoms with Crippen molar-refractivity contribution >= 4 is 17.5 Å². The third-order valence-electron chi connectivity index (χ3n) is 4.35. The van der Waals surface area contributed by atoms with Crippen LogP contribution in [0, 0.1) is 5.82 Å². The molecule has 1 aromatic carbocycles. The number of piperidine rings is 1. The minimum absolute atomic E-state index is 0.0251. The number of halogens is 2. The van der Waals surface area contributed by atoms with Crippen molar-refractivity contribution in [2.75, 3.05) is 27.2 Å². The molecule has 1 aliphatic heterocycles. The first-order valence-corrected chi connectivity index (χ1v) is 8.26. The van der Waals surface area contributed by atoms with Crippen LogP contribution in [-0.4, -0.2) is 53.6 Å². The van der Waals surface area contributed by atoms with Crippen molar-refractivity contribution in [2.24, 2.45) is 0 Å². The van der Waals surface area contributed by atoms with E-state index in [1.54, 1.807) is 25.1 Å². The van der Waals surface area contributed by atoms with Gasteiger partial charge in [0.05, 0.1) is 5.60 Å². The van der Waals surface area contributed by atoms with Crippen molar-refractivity contribution in [3.63, 3.8) is 0 Å². The fraction of sp³-hybridized carbons (Fsp3) is 0.588. The normalized spacial score (nSPS) is 22.1. The Morgan fingerprint density at radius 3 is 2.87 bits per heavy atom. The highest BCUT2D eigenvalue weighted by molar-refractivity contribution is 6.31. The van der Waals surface area contributed by atoms with E-state index in [-0.39, 0.29) is 11.7 Å². The first kappa shape index (κ1) is 18.2. The van der Waals surface area contributed by atoms with Gasteiger partial charge in [-0.05, 0) is 43.5 Å². The molecule has 6 heteroatoms. The monoisotopic (exact) mass is 342 g/mol. The second-order valence-electron chi connectivity index (χ2n) is 6.56. The summed E-state index contributed by atoms with van der Waals surface area (Å²) in [6.07, 6.45) is 2.36. The molecule has 1 aromatic rings. The fourth-order valence-corrected chi connectivity index (χ4v) is 3.23. The zero-order chi connectivity index (χ0) is 17.0. The first-order valence-electron chi connectivity index (χ1n) is 7.88. The number of benzene rings is 1. The van der Waals surface area contributed by atoms with Crippen LogP contribution in [0.4, 0.5) is 4.39 Å². The van der Waals surface area contributed by atoms with Crippen molar-refractivity contribution in [1.82, 2.24) is 9.80 Å². The molecular weight excluding hydrogens is 319 g/mol. The molecule has 1 N–H and O–H groups in total. The maximum atomic E-state index is 13.1. The van der Waals surface area contributed by atoms with E-state index >= 15 is 0 Å². The zero-order valence-electron chi connectivity index (χ0n) is 13.7. The van der Waals surface area contributed by atoms with Gasteiger partial charge in [0.1, 0.15) is 5.82 Å². The zero-order valence-corrected chi connectivity index (χ0v) is 14.4. The quantitative estimate of drug-likeness (QED) is 0.894. The number of likely N-dealkylation sites (tertiary alicyclic amines) is 1. The molecule has 0 bridgehead atoms. The van der Waals surface area contributed by atoms with Gasteiger partial charge in [0.2, 0.25) is 5.91 Å². The van der Waals surface area contributed by atoms with Crippen molar-refractivity contribution in [1.29, 1.82) is 0 Å². The van der Waals surface area contributed by atoms with Crippen molar-refractivity contribution < 1.29 is 14.3 Å². The van der Waals surface area contributed by atoms with Crippen LogP contribution in [0.1, 0.15) is 31.2 Å². The lowest BCUT2D eigenvalue weighted by Crippen LogP contribution is -2.48. The highest BCUT2D eigenvalue weighted by Gasteiger charge is 2.33. The Kier molecular flexibility index (Phi) is 6.00. The van der Waals surface area contributed by atoms with E-state index in [0.29, 0.717) is 37.4 Å². The number of aliphatic hydroxyl groups is 1. The van der Waals surface area contributed by atoms with Crippen molar-refractivity contribution in [3.8, 4) is 0 Å². The maximum Gasteiger partial charge on any atom is 0.222 e. The number of β-amino-alcohol motifs (C(OH)–C–C–N with tert-alkyl or cyclic N) is 1. The smallest absolute Gasteiger partial charge is 0.222 e. The minimum atomic E-state index is -0.851. The largest absolute Gasteiger partial charge is 0.389 e. The summed E-state index contributed by atoms with van der Waals surface area (Å²) in [6.45, 7) is 1.93. The molecule has 1 amide bonds. The van der Waals surface area contributed by atoms with Gasteiger partial charge in [0.25, 0.3) is 0 Å². The molecule has 1 aliphatic rings. The van der Waals surface area contributed by atoms with Crippen LogP contribution in [0.15, 0.2) is 18.2 Å². The lowest BCUT2D eigenvalue weighted by atomic mass is 9.88. The molecular formula is C17H24ClFN2O2. The Morgan fingerprint density at radius 2 is 2.22 bits per heavy atom. The molecule has 1 atom stereocenters. The molecule has 0 spiro atoms. The predicted molar refractivity (Wildman–Crippen MR) is 88.8 cm³/mol. The SMILES string of the molecule is CN(C)C(=O)CC[C@@]1(O)CCCN(Cc2ccc(F)cc2Cl)C1. The molecule has 23 heavy (non-hydrogen) atoms. The van der Waals surface area contributed by atoms with Crippen LogP contribution < -0.4 is 0 Å². The van der Waals surface area contributed by atoms with E-state index in [1.165, 1.54) is 12.1 Å². The van der Waals surface area contributed by atoms with Crippen LogP contribution in [0.5, 0.6) is 0 Å². The van der Waals surface area contributed by atoms with Gasteiger partial charge in [-0.3, -0.25) is 9.69 Å². The Balaban J connectivity index is 1.95. The number of carbonyl (C=O) groups excluding carboxylic acids is 1. The van der Waals surface area contributed by atoms with Crippen LogP contribution in [0.25, 0.3) is 0 Å². The lowest BCUT2D eigenvalue weighted by molar-refractivity contribution is -0.130. The molecule has 2 rings (SSSR count). The Labute approximate surface area is 141 Å². The van der Waals surface area contributed by atoms with E-state index in [1.807, 2.05) is 0 Å². The standard InChI is InChI=1S/C17H24ClFN2O2/c1-20(2)16(22)6-8-17(23)7-3-9-21(12-17)11-13-4-5-14(19)10-15(13)18/h4-5,10,23H,3,6-9,11-12H2,1-2H3/t17-/m0/s1. The summed E-state index contributed by atoms with van der Waals surface area (Å²) in [4.78, 5) is 15.4.